The zero-order valence-electron chi connectivity index (χ0n) is 6.57. The van der Waals surface area contributed by atoms with Crippen LogP contribution >= 0.6 is 0 Å². The zero-order valence-corrected chi connectivity index (χ0v) is 6.57. The van der Waals surface area contributed by atoms with Crippen LogP contribution in [0.25, 0.3) is 4.98 Å². The van der Waals surface area contributed by atoms with Gasteiger partial charge in [-0.3, -0.25) is 0 Å². The first kappa shape index (κ1) is 9.60. The first-order valence-electron chi connectivity index (χ1n) is 3.16. The van der Waals surface area contributed by atoms with E-state index in [1.54, 1.807) is 6.07 Å². The summed E-state index contributed by atoms with van der Waals surface area (Å²) in [7, 11) is 0. The molecule has 0 aliphatic rings. The van der Waals surface area contributed by atoms with Crippen molar-refractivity contribution >= 4 is 5.69 Å². The number of hydrogen-bond acceptors (Lipinski definition) is 2. The summed E-state index contributed by atoms with van der Waals surface area (Å²) in [5.74, 6) is 0. The Bertz CT molecular complexity index is 289. The van der Waals surface area contributed by atoms with Gasteiger partial charge in [0.15, 0.2) is 4.98 Å². The van der Waals surface area contributed by atoms with Gasteiger partial charge in [0.1, 0.15) is 0 Å². The van der Waals surface area contributed by atoms with Crippen LogP contribution in [0.1, 0.15) is 11.1 Å². The van der Waals surface area contributed by atoms with E-state index in [4.69, 9.17) is 5.39 Å². The van der Waals surface area contributed by atoms with Crippen molar-refractivity contribution in [1.82, 2.24) is 0 Å². The fraction of sp³-hybridized carbons (Fsp3) is 0.250. The van der Waals surface area contributed by atoms with E-state index in [1.165, 1.54) is 5.56 Å². The Kier molecular flexibility index (Phi) is 3.22. The van der Waals surface area contributed by atoms with Gasteiger partial charge in [-0.05, 0) is 25.0 Å². The maximum absolute atomic E-state index is 8.38. The Hall–Kier alpha value is -1.40. The molecule has 0 aromatic heterocycles. The lowest BCUT2D eigenvalue weighted by Crippen LogP contribution is -1.76. The molecule has 0 radical (unpaired) electrons. The number of diazo groups is 1. The molecule has 0 fully saturated rings. The minimum absolute atomic E-state index is 0. The Morgan fingerprint density at radius 3 is 2.27 bits per heavy atom. The first-order chi connectivity index (χ1) is 4.74. The van der Waals surface area contributed by atoms with Crippen molar-refractivity contribution in [1.29, 1.82) is 5.39 Å². The van der Waals surface area contributed by atoms with E-state index in [9.17, 15) is 0 Å². The highest BCUT2D eigenvalue weighted by Gasteiger charge is 2.03. The second kappa shape index (κ2) is 3.69. The van der Waals surface area contributed by atoms with Crippen LogP contribution in [0.3, 0.4) is 0 Å². The summed E-state index contributed by atoms with van der Waals surface area (Å²) in [6.45, 7) is 4.01. The smallest absolute Gasteiger partial charge is 0.385 e. The molecule has 0 saturated heterocycles. The Morgan fingerprint density at radius 1 is 1.18 bits per heavy atom. The highest BCUT2D eigenvalue weighted by molar-refractivity contribution is 5.48. The van der Waals surface area contributed by atoms with Crippen molar-refractivity contribution in [3.8, 4) is 0 Å². The van der Waals surface area contributed by atoms with E-state index < -0.39 is 0 Å². The maximum Gasteiger partial charge on any atom is 0.385 e. The van der Waals surface area contributed by atoms with Gasteiger partial charge in [-0.1, -0.05) is 6.07 Å². The van der Waals surface area contributed by atoms with Crippen LogP contribution in [0.15, 0.2) is 18.2 Å². The predicted molar refractivity (Wildman–Crippen MR) is 42.6 cm³/mol. The summed E-state index contributed by atoms with van der Waals surface area (Å²) in [5.41, 5.74) is 2.98. The molecule has 0 amide bonds. The zero-order chi connectivity index (χ0) is 7.56. The first-order valence-corrected chi connectivity index (χ1v) is 3.16. The Labute approximate surface area is 65.6 Å². The van der Waals surface area contributed by atoms with Crippen LogP contribution in [-0.4, -0.2) is 5.48 Å². The average molecular weight is 150 g/mol. The lowest BCUT2D eigenvalue weighted by Gasteiger charge is -1.92. The van der Waals surface area contributed by atoms with Gasteiger partial charge in [-0.25, -0.2) is 0 Å². The van der Waals surface area contributed by atoms with Crippen LogP contribution in [0.4, 0.5) is 5.69 Å². The van der Waals surface area contributed by atoms with Gasteiger partial charge < -0.3 is 5.48 Å². The van der Waals surface area contributed by atoms with Crippen LogP contribution in [0.5, 0.6) is 0 Å². The van der Waals surface area contributed by atoms with Gasteiger partial charge in [-0.2, -0.15) is 0 Å². The van der Waals surface area contributed by atoms with E-state index in [0.717, 1.165) is 5.56 Å². The third-order valence-corrected chi connectivity index (χ3v) is 1.61. The van der Waals surface area contributed by atoms with Gasteiger partial charge in [-0.15, -0.1) is 0 Å². The number of hydrogen-bond donors (Lipinski definition) is 0. The number of rotatable bonds is 0. The van der Waals surface area contributed by atoms with Gasteiger partial charge in [0, 0.05) is 12.1 Å². The van der Waals surface area contributed by atoms with Gasteiger partial charge in [0.2, 0.25) is 5.39 Å². The normalized spacial score (nSPS) is 8.09. The molecule has 11 heavy (non-hydrogen) atoms. The van der Waals surface area contributed by atoms with E-state index >= 15 is 0 Å². The summed E-state index contributed by atoms with van der Waals surface area (Å²) in [5, 5.41) is 8.38. The van der Waals surface area contributed by atoms with Gasteiger partial charge >= 0.3 is 5.69 Å². The molecule has 0 aliphatic heterocycles. The SMILES string of the molecule is Cc1ccc([N+]#N)cc1C.[OH-]. The van der Waals surface area contributed by atoms with Crippen molar-refractivity contribution in [2.45, 2.75) is 13.8 Å². The molecule has 0 heterocycles. The molecule has 1 aromatic carbocycles. The van der Waals surface area contributed by atoms with E-state index in [0.29, 0.717) is 5.69 Å². The summed E-state index contributed by atoms with van der Waals surface area (Å²) in [6, 6.07) is 5.56. The minimum Gasteiger partial charge on any atom is -0.870 e. The molecule has 0 spiro atoms. The van der Waals surface area contributed by atoms with Crippen molar-refractivity contribution in [3.63, 3.8) is 0 Å². The standard InChI is InChI=1S/C8H9N2.H2O/c1-6-3-4-8(10-9)5-7(6)2;/h3-5H,1-2H3;1H2/q+1;/p-1. The predicted octanol–water partition coefficient (Wildman–Crippen LogP) is 2.61. The van der Waals surface area contributed by atoms with Crippen LogP contribution in [0.2, 0.25) is 0 Å². The topological polar surface area (TPSA) is 58.1 Å². The number of benzene rings is 1. The van der Waals surface area contributed by atoms with Crippen molar-refractivity contribution in [2.75, 3.05) is 0 Å². The fourth-order valence-corrected chi connectivity index (χ4v) is 0.788. The largest absolute Gasteiger partial charge is 0.870 e. The third-order valence-electron chi connectivity index (χ3n) is 1.61. The summed E-state index contributed by atoms with van der Waals surface area (Å²) >= 11 is 0. The van der Waals surface area contributed by atoms with Crippen LogP contribution in [0, 0.1) is 19.2 Å². The van der Waals surface area contributed by atoms with Crippen LogP contribution < -0.4 is 0 Å². The minimum atomic E-state index is 0. The maximum atomic E-state index is 8.38. The Balaban J connectivity index is 0.000001000. The molecule has 0 aliphatic carbocycles. The highest BCUT2D eigenvalue weighted by Crippen LogP contribution is 2.16. The lowest BCUT2D eigenvalue weighted by molar-refractivity contribution is 0.824. The molecule has 0 bridgehead atoms. The monoisotopic (exact) mass is 150 g/mol. The lowest BCUT2D eigenvalue weighted by atomic mass is 10.1. The second-order valence-corrected chi connectivity index (χ2v) is 2.37. The third kappa shape index (κ3) is 2.03. The molecule has 0 saturated carbocycles. The fourth-order valence-electron chi connectivity index (χ4n) is 0.788. The molecular formula is C8H10N2O. The van der Waals surface area contributed by atoms with Gasteiger partial charge in [0.25, 0.3) is 0 Å². The summed E-state index contributed by atoms with van der Waals surface area (Å²) < 4.78 is 0. The number of aryl methyl sites for hydroxylation is 2. The molecule has 58 valence electrons. The summed E-state index contributed by atoms with van der Waals surface area (Å²) in [6.07, 6.45) is 0. The van der Waals surface area contributed by atoms with Crippen LogP contribution in [-0.2, 0) is 0 Å². The second-order valence-electron chi connectivity index (χ2n) is 2.37. The molecule has 3 heteroatoms. The van der Waals surface area contributed by atoms with Crippen molar-refractivity contribution in [2.24, 2.45) is 0 Å². The highest BCUT2D eigenvalue weighted by atomic mass is 16.0. The van der Waals surface area contributed by atoms with E-state index in [-0.39, 0.29) is 5.48 Å². The molecular weight excluding hydrogens is 140 g/mol. The molecule has 1 rings (SSSR count). The van der Waals surface area contributed by atoms with Crippen molar-refractivity contribution in [3.05, 3.63) is 34.3 Å². The Morgan fingerprint density at radius 2 is 1.82 bits per heavy atom. The van der Waals surface area contributed by atoms with Gasteiger partial charge in [0.05, 0.1) is 0 Å². The molecule has 0 unspecified atom stereocenters. The molecule has 1 aromatic rings. The number of nitrogens with zero attached hydrogens (tertiary/aromatic N) is 2. The van der Waals surface area contributed by atoms with Crippen molar-refractivity contribution < 1.29 is 5.48 Å². The molecule has 0 atom stereocenters. The quantitative estimate of drug-likeness (QED) is 0.533. The molecule has 1 N–H and O–H groups in total. The summed E-state index contributed by atoms with van der Waals surface area (Å²) in [4.78, 5) is 3.07. The average Bonchev–Trinajstić information content (AvgIpc) is 1.95. The molecule has 3 nitrogen and oxygen atoms in total. The van der Waals surface area contributed by atoms with E-state index in [1.807, 2.05) is 26.0 Å². The van der Waals surface area contributed by atoms with E-state index in [2.05, 4.69) is 4.98 Å².